The van der Waals surface area contributed by atoms with Crippen LogP contribution in [0.1, 0.15) is 65.4 Å². The maximum atomic E-state index is 12.8. The molecule has 1 fully saturated rings. The van der Waals surface area contributed by atoms with E-state index in [0.29, 0.717) is 12.3 Å². The molecule has 1 aliphatic rings. The lowest BCUT2D eigenvalue weighted by atomic mass is 9.71. The van der Waals surface area contributed by atoms with E-state index < -0.39 is 20.9 Å². The minimum absolute atomic E-state index is 0.0189. The van der Waals surface area contributed by atoms with Gasteiger partial charge in [-0.05, 0) is 57.9 Å². The highest BCUT2D eigenvalue weighted by Crippen LogP contribution is 2.37. The minimum Gasteiger partial charge on any atom is -0.393 e. The first-order valence-corrected chi connectivity index (χ1v) is 11.4. The molecule has 148 valence electrons. The molecule has 1 aliphatic carbocycles. The van der Waals surface area contributed by atoms with Crippen molar-refractivity contribution in [2.24, 2.45) is 11.8 Å². The van der Waals surface area contributed by atoms with Crippen LogP contribution >= 0.6 is 0 Å². The van der Waals surface area contributed by atoms with Crippen LogP contribution < -0.4 is 4.72 Å². The van der Waals surface area contributed by atoms with Crippen LogP contribution in [0.5, 0.6) is 0 Å². The third-order valence-electron chi connectivity index (χ3n) is 5.75. The summed E-state index contributed by atoms with van der Waals surface area (Å²) < 4.78 is 27.8. The zero-order valence-corrected chi connectivity index (χ0v) is 17.4. The second kappa shape index (κ2) is 8.85. The number of hydrogen-bond acceptors (Lipinski definition) is 3. The lowest BCUT2D eigenvalue weighted by Gasteiger charge is -2.41. The monoisotopic (exact) mass is 381 g/mol. The molecule has 0 saturated heterocycles. The van der Waals surface area contributed by atoms with Crippen molar-refractivity contribution in [1.82, 2.24) is 4.72 Å². The standard InChI is InChI=1S/C21H35NO3S/c1-5-17-12-9-13-19(23)20(17)18(22-26(24,25)21(2,3)4)15-14-16-10-7-6-8-11-16/h6-8,10-11,17-20,22-23H,5,9,12-15H2,1-4H3/t17-,18+,19+,20-/m0/s1. The van der Waals surface area contributed by atoms with E-state index in [-0.39, 0.29) is 12.0 Å². The number of aliphatic hydroxyl groups excluding tert-OH is 1. The van der Waals surface area contributed by atoms with E-state index >= 15 is 0 Å². The maximum Gasteiger partial charge on any atom is 0.216 e. The molecule has 0 unspecified atom stereocenters. The maximum absolute atomic E-state index is 12.8. The Kier molecular flexibility index (Phi) is 7.28. The van der Waals surface area contributed by atoms with E-state index in [9.17, 15) is 13.5 Å². The van der Waals surface area contributed by atoms with Gasteiger partial charge in [0.05, 0.1) is 10.9 Å². The highest BCUT2D eigenvalue weighted by Gasteiger charge is 2.40. The van der Waals surface area contributed by atoms with Crippen LogP contribution in [0.15, 0.2) is 30.3 Å². The van der Waals surface area contributed by atoms with Crippen molar-refractivity contribution >= 4 is 10.0 Å². The predicted octanol–water partition coefficient (Wildman–Crippen LogP) is 3.89. The summed E-state index contributed by atoms with van der Waals surface area (Å²) in [5.74, 6) is 0.344. The van der Waals surface area contributed by atoms with Gasteiger partial charge in [-0.1, -0.05) is 50.1 Å². The molecule has 0 bridgehead atoms. The van der Waals surface area contributed by atoms with Crippen LogP contribution in [-0.2, 0) is 16.4 Å². The quantitative estimate of drug-likeness (QED) is 0.753. The fraction of sp³-hybridized carbons (Fsp3) is 0.714. The van der Waals surface area contributed by atoms with E-state index in [1.54, 1.807) is 20.8 Å². The van der Waals surface area contributed by atoms with Crippen molar-refractivity contribution < 1.29 is 13.5 Å². The predicted molar refractivity (Wildman–Crippen MR) is 107 cm³/mol. The summed E-state index contributed by atoms with van der Waals surface area (Å²) in [5.41, 5.74) is 1.20. The van der Waals surface area contributed by atoms with Gasteiger partial charge in [0, 0.05) is 12.0 Å². The zero-order chi connectivity index (χ0) is 19.4. The van der Waals surface area contributed by atoms with Gasteiger partial charge in [-0.2, -0.15) is 0 Å². The van der Waals surface area contributed by atoms with E-state index in [0.717, 1.165) is 32.1 Å². The summed E-state index contributed by atoms with van der Waals surface area (Å²) >= 11 is 0. The highest BCUT2D eigenvalue weighted by molar-refractivity contribution is 7.90. The van der Waals surface area contributed by atoms with E-state index in [2.05, 4.69) is 23.8 Å². The van der Waals surface area contributed by atoms with Gasteiger partial charge in [0.2, 0.25) is 10.0 Å². The summed E-state index contributed by atoms with van der Waals surface area (Å²) in [6, 6.07) is 9.91. The third-order valence-corrected chi connectivity index (χ3v) is 7.98. The van der Waals surface area contributed by atoms with Gasteiger partial charge in [0.1, 0.15) is 0 Å². The van der Waals surface area contributed by atoms with Crippen molar-refractivity contribution in [3.63, 3.8) is 0 Å². The Balaban J connectivity index is 2.25. The first-order chi connectivity index (χ1) is 12.2. The van der Waals surface area contributed by atoms with Crippen molar-refractivity contribution in [2.75, 3.05) is 0 Å². The molecule has 4 nitrogen and oxygen atoms in total. The molecule has 26 heavy (non-hydrogen) atoms. The summed E-state index contributed by atoms with van der Waals surface area (Å²) in [6.07, 6.45) is 4.90. The first kappa shape index (κ1) is 21.4. The Morgan fingerprint density at radius 3 is 2.42 bits per heavy atom. The average Bonchev–Trinajstić information content (AvgIpc) is 2.58. The van der Waals surface area contributed by atoms with E-state index in [1.165, 1.54) is 5.56 Å². The molecular weight excluding hydrogens is 346 g/mol. The van der Waals surface area contributed by atoms with Gasteiger partial charge in [-0.3, -0.25) is 0 Å². The van der Waals surface area contributed by atoms with Crippen molar-refractivity contribution in [3.8, 4) is 0 Å². The molecule has 4 atom stereocenters. The Morgan fingerprint density at radius 1 is 1.19 bits per heavy atom. The Morgan fingerprint density at radius 2 is 1.85 bits per heavy atom. The van der Waals surface area contributed by atoms with Gasteiger partial charge in [0.15, 0.2) is 0 Å². The topological polar surface area (TPSA) is 66.4 Å². The highest BCUT2D eigenvalue weighted by atomic mass is 32.2. The zero-order valence-electron chi connectivity index (χ0n) is 16.6. The molecule has 0 amide bonds. The van der Waals surface area contributed by atoms with Gasteiger partial charge in [-0.25, -0.2) is 13.1 Å². The van der Waals surface area contributed by atoms with E-state index in [4.69, 9.17) is 0 Å². The van der Waals surface area contributed by atoms with Crippen LogP contribution in [0.25, 0.3) is 0 Å². The van der Waals surface area contributed by atoms with Gasteiger partial charge >= 0.3 is 0 Å². The Bertz CT molecular complexity index is 652. The molecule has 0 heterocycles. The Labute approximate surface area is 159 Å². The molecule has 0 spiro atoms. The third kappa shape index (κ3) is 5.30. The summed E-state index contributed by atoms with van der Waals surface area (Å²) in [6.45, 7) is 7.30. The Hall–Kier alpha value is -0.910. The van der Waals surface area contributed by atoms with Crippen LogP contribution in [0, 0.1) is 11.8 Å². The SMILES string of the molecule is CC[C@H]1CCC[C@@H](O)[C@@H]1[C@@H](CCc1ccccc1)NS(=O)(=O)C(C)(C)C. The lowest BCUT2D eigenvalue weighted by molar-refractivity contribution is 0.0121. The number of sulfonamides is 1. The average molecular weight is 382 g/mol. The smallest absolute Gasteiger partial charge is 0.216 e. The molecule has 1 aromatic rings. The molecule has 0 aromatic heterocycles. The fourth-order valence-electron chi connectivity index (χ4n) is 4.03. The second-order valence-electron chi connectivity index (χ2n) is 8.61. The van der Waals surface area contributed by atoms with Crippen molar-refractivity contribution in [1.29, 1.82) is 0 Å². The van der Waals surface area contributed by atoms with Gasteiger partial charge in [0.25, 0.3) is 0 Å². The minimum atomic E-state index is -3.47. The van der Waals surface area contributed by atoms with Crippen molar-refractivity contribution in [3.05, 3.63) is 35.9 Å². The number of benzene rings is 1. The number of aliphatic hydroxyl groups is 1. The molecule has 1 aromatic carbocycles. The first-order valence-electron chi connectivity index (χ1n) is 9.89. The summed E-state index contributed by atoms with van der Waals surface area (Å²) in [7, 11) is -3.47. The molecule has 2 N–H and O–H groups in total. The molecule has 1 saturated carbocycles. The van der Waals surface area contributed by atoms with Crippen LogP contribution in [-0.4, -0.2) is 30.4 Å². The van der Waals surface area contributed by atoms with Crippen LogP contribution in [0.2, 0.25) is 0 Å². The lowest BCUT2D eigenvalue weighted by Crippen LogP contribution is -2.53. The van der Waals surface area contributed by atoms with Gasteiger partial charge < -0.3 is 5.11 Å². The van der Waals surface area contributed by atoms with Crippen molar-refractivity contribution in [2.45, 2.75) is 83.1 Å². The molecule has 0 aliphatic heterocycles. The largest absolute Gasteiger partial charge is 0.393 e. The van der Waals surface area contributed by atoms with E-state index in [1.807, 2.05) is 18.2 Å². The normalized spacial score (nSPS) is 25.8. The molecule has 0 radical (unpaired) electrons. The number of rotatable bonds is 7. The number of nitrogens with one attached hydrogen (secondary N) is 1. The van der Waals surface area contributed by atoms with Gasteiger partial charge in [-0.15, -0.1) is 0 Å². The number of aryl methyl sites for hydroxylation is 1. The summed E-state index contributed by atoms with van der Waals surface area (Å²) in [4.78, 5) is 0. The second-order valence-corrected chi connectivity index (χ2v) is 11.1. The van der Waals surface area contributed by atoms with Crippen LogP contribution in [0.4, 0.5) is 0 Å². The summed E-state index contributed by atoms with van der Waals surface area (Å²) in [5, 5.41) is 10.7. The number of hydrogen-bond donors (Lipinski definition) is 2. The fourth-order valence-corrected chi connectivity index (χ4v) is 5.06. The molecular formula is C21H35NO3S. The van der Waals surface area contributed by atoms with Crippen LogP contribution in [0.3, 0.4) is 0 Å². The molecule has 2 rings (SSSR count). The molecule has 5 heteroatoms.